The predicted molar refractivity (Wildman–Crippen MR) is 115 cm³/mol. The molecule has 170 valence electrons. The number of ether oxygens (including phenoxy) is 1. The molecule has 8 nitrogen and oxygen atoms in total. The van der Waals surface area contributed by atoms with Gasteiger partial charge in [-0.2, -0.15) is 0 Å². The second-order valence-electron chi connectivity index (χ2n) is 7.72. The number of hydrogen-bond acceptors (Lipinski definition) is 6. The van der Waals surface area contributed by atoms with Gasteiger partial charge in [0.25, 0.3) is 0 Å². The largest absolute Gasteiger partial charge is 0.477 e. The molecule has 1 saturated carbocycles. The summed E-state index contributed by atoms with van der Waals surface area (Å²) in [5, 5.41) is 12.0. The molecule has 0 amide bonds. The molecule has 1 aliphatic carbocycles. The number of carboxylic acids is 1. The lowest BCUT2D eigenvalue weighted by Crippen LogP contribution is -2.38. The average Bonchev–Trinajstić information content (AvgIpc) is 3.47. The summed E-state index contributed by atoms with van der Waals surface area (Å²) in [7, 11) is 1.75. The zero-order valence-electron chi connectivity index (χ0n) is 17.2. The van der Waals surface area contributed by atoms with Crippen molar-refractivity contribution in [3.63, 3.8) is 0 Å². The van der Waals surface area contributed by atoms with Crippen molar-refractivity contribution in [1.29, 1.82) is 0 Å². The van der Waals surface area contributed by atoms with E-state index in [1.165, 1.54) is 9.47 Å². The standard InChI is InChI=1S/C20H24F2N4O4.ClH/c1-3-30-12-8-25(7-11(12)24-2)18-14(21)16(23)13-17(15(18)22)26(9-4-5-9)6-10(19(13)27)20(28)29;/h6,9,11-12,24H,3-5,7-8,23H2,1-2H3,(H,28,29);1H/t11-,12+;/m1./s1. The van der Waals surface area contributed by atoms with Crippen molar-refractivity contribution in [1.82, 2.24) is 9.88 Å². The number of rotatable bonds is 6. The quantitative estimate of drug-likeness (QED) is 0.569. The van der Waals surface area contributed by atoms with Gasteiger partial charge in [-0.15, -0.1) is 12.4 Å². The van der Waals surface area contributed by atoms with E-state index < -0.39 is 39.7 Å². The maximum atomic E-state index is 15.8. The van der Waals surface area contributed by atoms with E-state index in [0.717, 1.165) is 6.20 Å². The third kappa shape index (κ3) is 3.72. The van der Waals surface area contributed by atoms with E-state index in [1.807, 2.05) is 6.92 Å². The van der Waals surface area contributed by atoms with E-state index in [1.54, 1.807) is 7.05 Å². The molecule has 1 saturated heterocycles. The summed E-state index contributed by atoms with van der Waals surface area (Å²) in [5.74, 6) is -3.44. The van der Waals surface area contributed by atoms with Crippen LogP contribution in [0.5, 0.6) is 0 Å². The Labute approximate surface area is 183 Å². The normalized spacial score (nSPS) is 20.8. The number of carboxylic acid groups (broad SMARTS) is 1. The Morgan fingerprint density at radius 2 is 2.00 bits per heavy atom. The molecule has 1 aromatic heterocycles. The molecule has 31 heavy (non-hydrogen) atoms. The molecule has 0 spiro atoms. The summed E-state index contributed by atoms with van der Waals surface area (Å²) in [6, 6.07) is -0.293. The fraction of sp³-hybridized carbons (Fsp3) is 0.500. The van der Waals surface area contributed by atoms with Crippen molar-refractivity contribution >= 4 is 40.7 Å². The summed E-state index contributed by atoms with van der Waals surface area (Å²) in [6.07, 6.45) is 2.29. The van der Waals surface area contributed by atoms with Crippen LogP contribution in [0.15, 0.2) is 11.0 Å². The first-order valence-electron chi connectivity index (χ1n) is 9.92. The number of aromatic nitrogens is 1. The molecule has 1 aromatic carbocycles. The first kappa shape index (κ1) is 23.2. The highest BCUT2D eigenvalue weighted by molar-refractivity contribution is 5.99. The number of anilines is 2. The zero-order chi connectivity index (χ0) is 21.7. The topological polar surface area (TPSA) is 110 Å². The molecular formula is C20H25ClF2N4O4. The first-order chi connectivity index (χ1) is 14.3. The summed E-state index contributed by atoms with van der Waals surface area (Å²) in [4.78, 5) is 25.7. The molecule has 0 unspecified atom stereocenters. The third-order valence-electron chi connectivity index (χ3n) is 5.87. The zero-order valence-corrected chi connectivity index (χ0v) is 18.0. The first-order valence-corrected chi connectivity index (χ1v) is 9.92. The maximum absolute atomic E-state index is 15.8. The van der Waals surface area contributed by atoms with Crippen LogP contribution in [0.4, 0.5) is 20.2 Å². The molecule has 2 atom stereocenters. The summed E-state index contributed by atoms with van der Waals surface area (Å²) in [5.41, 5.74) is 3.40. The van der Waals surface area contributed by atoms with Gasteiger partial charge in [0.15, 0.2) is 11.6 Å². The lowest BCUT2D eigenvalue weighted by atomic mass is 10.1. The number of hydrogen-bond donors (Lipinski definition) is 3. The van der Waals surface area contributed by atoms with E-state index in [-0.39, 0.29) is 48.3 Å². The number of likely N-dealkylation sites (N-methyl/N-ethyl adjacent to an activating group) is 1. The Hall–Kier alpha value is -2.43. The van der Waals surface area contributed by atoms with Gasteiger partial charge in [0.2, 0.25) is 5.43 Å². The number of pyridine rings is 1. The lowest BCUT2D eigenvalue weighted by molar-refractivity contribution is 0.0612. The Balaban J connectivity index is 0.00000272. The minimum Gasteiger partial charge on any atom is -0.477 e. The number of nitrogens with zero attached hydrogens (tertiary/aromatic N) is 2. The molecule has 2 fully saturated rings. The van der Waals surface area contributed by atoms with Crippen LogP contribution < -0.4 is 21.4 Å². The van der Waals surface area contributed by atoms with E-state index in [4.69, 9.17) is 10.5 Å². The van der Waals surface area contributed by atoms with Crippen LogP contribution in [0.2, 0.25) is 0 Å². The molecule has 2 aliphatic rings. The molecule has 2 aromatic rings. The molecule has 1 aliphatic heterocycles. The molecule has 0 radical (unpaired) electrons. The monoisotopic (exact) mass is 458 g/mol. The van der Waals surface area contributed by atoms with Gasteiger partial charge in [-0.05, 0) is 26.8 Å². The highest BCUT2D eigenvalue weighted by Crippen LogP contribution is 2.42. The van der Waals surface area contributed by atoms with Crippen LogP contribution in [0, 0.1) is 11.6 Å². The lowest BCUT2D eigenvalue weighted by Gasteiger charge is -2.23. The smallest absolute Gasteiger partial charge is 0.341 e. The molecule has 11 heteroatoms. The van der Waals surface area contributed by atoms with E-state index >= 15 is 8.78 Å². The average molecular weight is 459 g/mol. The number of carbonyl (C=O) groups is 1. The van der Waals surface area contributed by atoms with Gasteiger partial charge in [-0.1, -0.05) is 0 Å². The summed E-state index contributed by atoms with van der Waals surface area (Å²) >= 11 is 0. The van der Waals surface area contributed by atoms with Crippen LogP contribution in [0.25, 0.3) is 10.9 Å². The van der Waals surface area contributed by atoms with Crippen LogP contribution in [-0.4, -0.2) is 54.5 Å². The second-order valence-corrected chi connectivity index (χ2v) is 7.72. The van der Waals surface area contributed by atoms with Gasteiger partial charge >= 0.3 is 5.97 Å². The van der Waals surface area contributed by atoms with E-state index in [9.17, 15) is 14.7 Å². The van der Waals surface area contributed by atoms with Crippen molar-refractivity contribution in [2.75, 3.05) is 37.4 Å². The molecular weight excluding hydrogens is 434 g/mol. The van der Waals surface area contributed by atoms with Gasteiger partial charge in [0.1, 0.15) is 11.3 Å². The molecule has 4 N–H and O–H groups in total. The van der Waals surface area contributed by atoms with Crippen molar-refractivity contribution in [2.24, 2.45) is 0 Å². The van der Waals surface area contributed by atoms with Crippen LogP contribution in [-0.2, 0) is 4.74 Å². The van der Waals surface area contributed by atoms with Crippen molar-refractivity contribution < 1.29 is 23.4 Å². The minimum atomic E-state index is -1.46. The van der Waals surface area contributed by atoms with Gasteiger partial charge in [-0.25, -0.2) is 13.6 Å². The third-order valence-corrected chi connectivity index (χ3v) is 5.87. The molecule has 4 rings (SSSR count). The minimum absolute atomic E-state index is 0. The van der Waals surface area contributed by atoms with Gasteiger partial charge in [0.05, 0.1) is 28.7 Å². The fourth-order valence-corrected chi connectivity index (χ4v) is 4.24. The SMILES string of the molecule is CCO[C@H]1CN(c2c(F)c(N)c3c(=O)c(C(=O)O)cn(C4CC4)c3c2F)C[C@H]1NC.Cl. The van der Waals surface area contributed by atoms with Crippen molar-refractivity contribution in [3.05, 3.63) is 33.6 Å². The van der Waals surface area contributed by atoms with E-state index in [0.29, 0.717) is 26.0 Å². The van der Waals surface area contributed by atoms with Crippen molar-refractivity contribution in [3.8, 4) is 0 Å². The van der Waals surface area contributed by atoms with Crippen LogP contribution in [0.3, 0.4) is 0 Å². The molecule has 2 heterocycles. The maximum Gasteiger partial charge on any atom is 0.341 e. The van der Waals surface area contributed by atoms with Gasteiger partial charge in [0, 0.05) is 31.9 Å². The van der Waals surface area contributed by atoms with Gasteiger partial charge in [-0.3, -0.25) is 4.79 Å². The number of halogens is 3. The number of benzene rings is 1. The number of fused-ring (bicyclic) bond motifs is 1. The highest BCUT2D eigenvalue weighted by Gasteiger charge is 2.38. The Morgan fingerprint density at radius 3 is 2.55 bits per heavy atom. The predicted octanol–water partition coefficient (Wildman–Crippen LogP) is 2.13. The number of nitrogen functional groups attached to an aromatic ring is 1. The van der Waals surface area contributed by atoms with Crippen LogP contribution in [0.1, 0.15) is 36.2 Å². The Kier molecular flexibility index (Phi) is 6.45. The second kappa shape index (κ2) is 8.60. The fourth-order valence-electron chi connectivity index (χ4n) is 4.24. The Bertz CT molecular complexity index is 1090. The number of nitrogens with one attached hydrogen (secondary N) is 1. The molecule has 0 bridgehead atoms. The highest BCUT2D eigenvalue weighted by atomic mass is 35.5. The summed E-state index contributed by atoms with van der Waals surface area (Å²) in [6.45, 7) is 2.85. The van der Waals surface area contributed by atoms with Crippen molar-refractivity contribution in [2.45, 2.75) is 38.0 Å². The Morgan fingerprint density at radius 1 is 1.32 bits per heavy atom. The van der Waals surface area contributed by atoms with Gasteiger partial charge < -0.3 is 30.4 Å². The number of nitrogens with two attached hydrogens (primary N) is 1. The van der Waals surface area contributed by atoms with E-state index in [2.05, 4.69) is 5.32 Å². The number of aromatic carboxylic acids is 1. The van der Waals surface area contributed by atoms with Crippen LogP contribution >= 0.6 is 12.4 Å². The summed E-state index contributed by atoms with van der Waals surface area (Å²) < 4.78 is 38.2.